The van der Waals surface area contributed by atoms with Gasteiger partial charge in [0, 0.05) is 0 Å². The number of sulfone groups is 1. The van der Waals surface area contributed by atoms with Crippen molar-refractivity contribution >= 4 is 29.3 Å². The molecular formula is C15H22O2SSe. The number of hydrogen-bond acceptors (Lipinski definition) is 2. The minimum atomic E-state index is -2.89. The molecule has 0 amide bonds. The van der Waals surface area contributed by atoms with E-state index in [1.807, 2.05) is 18.2 Å². The van der Waals surface area contributed by atoms with E-state index in [1.165, 1.54) is 4.46 Å². The van der Waals surface area contributed by atoms with Crippen molar-refractivity contribution in [3.63, 3.8) is 0 Å². The SMILES string of the molecule is CC(C)(C)[C@@H]1CCS(=O)(=O)[C@H]([Se]c2ccccc2)C1. The Labute approximate surface area is 123 Å². The molecule has 1 saturated heterocycles. The molecule has 1 aromatic carbocycles. The second-order valence-electron chi connectivity index (χ2n) is 6.31. The zero-order valence-electron chi connectivity index (χ0n) is 11.8. The molecule has 2 atom stereocenters. The quantitative estimate of drug-likeness (QED) is 0.770. The third-order valence-corrected chi connectivity index (χ3v) is 10.1. The third-order valence-electron chi connectivity index (χ3n) is 3.86. The van der Waals surface area contributed by atoms with E-state index in [0.717, 1.165) is 12.8 Å². The predicted octanol–water partition coefficient (Wildman–Crippen LogP) is 2.21. The van der Waals surface area contributed by atoms with Crippen molar-refractivity contribution in [2.75, 3.05) is 5.75 Å². The van der Waals surface area contributed by atoms with Crippen LogP contribution in [-0.2, 0) is 9.84 Å². The number of benzene rings is 1. The first-order chi connectivity index (χ1) is 8.79. The van der Waals surface area contributed by atoms with Crippen molar-refractivity contribution in [1.82, 2.24) is 0 Å². The van der Waals surface area contributed by atoms with Gasteiger partial charge >= 0.3 is 123 Å². The van der Waals surface area contributed by atoms with Crippen molar-refractivity contribution in [1.29, 1.82) is 0 Å². The van der Waals surface area contributed by atoms with Gasteiger partial charge in [0.2, 0.25) is 0 Å². The Morgan fingerprint density at radius 1 is 1.16 bits per heavy atom. The molecule has 1 heterocycles. The van der Waals surface area contributed by atoms with E-state index in [9.17, 15) is 8.42 Å². The van der Waals surface area contributed by atoms with Crippen LogP contribution in [0.2, 0.25) is 0 Å². The van der Waals surface area contributed by atoms with Gasteiger partial charge < -0.3 is 0 Å². The Bertz CT molecular complexity index is 517. The van der Waals surface area contributed by atoms with Gasteiger partial charge in [-0.15, -0.1) is 0 Å². The molecule has 2 rings (SSSR count). The van der Waals surface area contributed by atoms with Crippen molar-refractivity contribution in [2.45, 2.75) is 37.8 Å². The van der Waals surface area contributed by atoms with Gasteiger partial charge in [0.1, 0.15) is 0 Å². The van der Waals surface area contributed by atoms with E-state index >= 15 is 0 Å². The fourth-order valence-corrected chi connectivity index (χ4v) is 8.13. The van der Waals surface area contributed by atoms with Gasteiger partial charge in [-0.05, 0) is 0 Å². The zero-order valence-corrected chi connectivity index (χ0v) is 14.3. The Morgan fingerprint density at radius 2 is 1.79 bits per heavy atom. The number of rotatable bonds is 2. The molecule has 0 aliphatic carbocycles. The van der Waals surface area contributed by atoms with Gasteiger partial charge in [-0.25, -0.2) is 0 Å². The van der Waals surface area contributed by atoms with Crippen LogP contribution in [0.3, 0.4) is 0 Å². The summed E-state index contributed by atoms with van der Waals surface area (Å²) in [6, 6.07) is 10.1. The van der Waals surface area contributed by atoms with Gasteiger partial charge in [0.05, 0.1) is 0 Å². The van der Waals surface area contributed by atoms with E-state index in [4.69, 9.17) is 0 Å². The standard InChI is InChI=1S/C15H22O2SSe/c1-15(2,3)12-9-10-18(16,17)14(11-12)19-13-7-5-4-6-8-13/h4-8,12,14H,9-11H2,1-3H3/t12-,14-/m1/s1. The van der Waals surface area contributed by atoms with Crippen LogP contribution in [0.1, 0.15) is 33.6 Å². The van der Waals surface area contributed by atoms with Gasteiger partial charge in [-0.1, -0.05) is 0 Å². The topological polar surface area (TPSA) is 34.1 Å². The fraction of sp³-hybridized carbons (Fsp3) is 0.600. The van der Waals surface area contributed by atoms with E-state index < -0.39 is 9.84 Å². The molecule has 0 radical (unpaired) electrons. The zero-order chi connectivity index (χ0) is 14.1. The molecule has 0 spiro atoms. The predicted molar refractivity (Wildman–Crippen MR) is 81.6 cm³/mol. The van der Waals surface area contributed by atoms with Crippen LogP contribution in [0.4, 0.5) is 0 Å². The van der Waals surface area contributed by atoms with Crippen molar-refractivity contribution in [3.8, 4) is 0 Å². The molecule has 0 aromatic heterocycles. The van der Waals surface area contributed by atoms with E-state index in [-0.39, 0.29) is 24.5 Å². The van der Waals surface area contributed by atoms with E-state index in [2.05, 4.69) is 32.9 Å². The van der Waals surface area contributed by atoms with Crippen molar-refractivity contribution in [2.24, 2.45) is 11.3 Å². The minimum absolute atomic E-state index is 0.0318. The normalized spacial score (nSPS) is 27.1. The Kier molecular flexibility index (Phi) is 4.44. The van der Waals surface area contributed by atoms with Crippen LogP contribution >= 0.6 is 0 Å². The first-order valence-electron chi connectivity index (χ1n) is 6.72. The second kappa shape index (κ2) is 5.59. The van der Waals surface area contributed by atoms with Gasteiger partial charge in [0.25, 0.3) is 0 Å². The van der Waals surface area contributed by atoms with Crippen LogP contribution in [0.15, 0.2) is 30.3 Å². The summed E-state index contributed by atoms with van der Waals surface area (Å²) >= 11 is 0.0318. The molecule has 106 valence electrons. The third kappa shape index (κ3) is 3.84. The maximum atomic E-state index is 12.3. The molecule has 4 heteroatoms. The summed E-state index contributed by atoms with van der Waals surface area (Å²) in [4.78, 5) is 0. The van der Waals surface area contributed by atoms with Gasteiger partial charge in [-0.2, -0.15) is 0 Å². The summed E-state index contributed by atoms with van der Waals surface area (Å²) in [7, 11) is -2.89. The van der Waals surface area contributed by atoms with Gasteiger partial charge in [-0.3, -0.25) is 0 Å². The fourth-order valence-electron chi connectivity index (χ4n) is 2.49. The molecule has 0 bridgehead atoms. The summed E-state index contributed by atoms with van der Waals surface area (Å²) in [5.41, 5.74) is 0.209. The van der Waals surface area contributed by atoms with E-state index in [1.54, 1.807) is 0 Å². The van der Waals surface area contributed by atoms with Crippen LogP contribution in [-0.4, -0.2) is 33.3 Å². The molecular weight excluding hydrogens is 323 g/mol. The average molecular weight is 345 g/mol. The molecule has 1 fully saturated rings. The summed E-state index contributed by atoms with van der Waals surface area (Å²) in [5.74, 6) is 0.889. The summed E-state index contributed by atoms with van der Waals surface area (Å²) in [6.45, 7) is 6.67. The van der Waals surface area contributed by atoms with Crippen LogP contribution in [0, 0.1) is 11.3 Å². The molecule has 19 heavy (non-hydrogen) atoms. The molecule has 1 aliphatic rings. The first kappa shape index (κ1) is 15.1. The molecule has 1 aliphatic heterocycles. The molecule has 0 N–H and O–H groups in total. The van der Waals surface area contributed by atoms with Crippen LogP contribution in [0.5, 0.6) is 0 Å². The summed E-state index contributed by atoms with van der Waals surface area (Å²) in [6.07, 6.45) is 1.66. The molecule has 1 aromatic rings. The average Bonchev–Trinajstić information content (AvgIpc) is 2.31. The Hall–Kier alpha value is -0.311. The maximum absolute atomic E-state index is 12.3. The van der Waals surface area contributed by atoms with E-state index in [0.29, 0.717) is 11.7 Å². The Balaban J connectivity index is 2.16. The molecule has 0 unspecified atom stereocenters. The van der Waals surface area contributed by atoms with Crippen molar-refractivity contribution in [3.05, 3.63) is 30.3 Å². The number of hydrogen-bond donors (Lipinski definition) is 0. The first-order valence-corrected chi connectivity index (χ1v) is 10.3. The molecule has 2 nitrogen and oxygen atoms in total. The Morgan fingerprint density at radius 3 is 2.37 bits per heavy atom. The summed E-state index contributed by atoms with van der Waals surface area (Å²) < 4.78 is 25.6. The van der Waals surface area contributed by atoms with Gasteiger partial charge in [0.15, 0.2) is 0 Å². The van der Waals surface area contributed by atoms with Crippen molar-refractivity contribution < 1.29 is 8.42 Å². The van der Waals surface area contributed by atoms with Crippen LogP contribution < -0.4 is 4.46 Å². The summed E-state index contributed by atoms with van der Waals surface area (Å²) in [5, 5.41) is 0. The van der Waals surface area contributed by atoms with Crippen LogP contribution in [0.25, 0.3) is 0 Å². The molecule has 0 saturated carbocycles. The monoisotopic (exact) mass is 346 g/mol. The second-order valence-corrected chi connectivity index (χ2v) is 12.0.